The fraction of sp³-hybridized carbons (Fsp3) is 0.222. The highest BCUT2D eigenvalue weighted by Crippen LogP contribution is 2.28. The molecule has 1 amide bonds. The number of amides is 1. The van der Waals surface area contributed by atoms with E-state index in [9.17, 15) is 4.79 Å². The Hall–Kier alpha value is -2.62. The molecule has 0 saturated carbocycles. The molecule has 3 rings (SSSR count). The van der Waals surface area contributed by atoms with Crippen molar-refractivity contribution in [3.05, 3.63) is 66.0 Å². The molecule has 1 aromatic heterocycles. The molecule has 2 aromatic carbocycles. The lowest BCUT2D eigenvalue weighted by atomic mass is 10.1. The second-order valence-electron chi connectivity index (χ2n) is 5.42. The van der Waals surface area contributed by atoms with Gasteiger partial charge in [0.2, 0.25) is 6.41 Å². The summed E-state index contributed by atoms with van der Waals surface area (Å²) in [6.07, 6.45) is 0.724. The Kier molecular flexibility index (Phi) is 3.92. The predicted molar refractivity (Wildman–Crippen MR) is 87.6 cm³/mol. The number of imidazole rings is 1. The quantitative estimate of drug-likeness (QED) is 0.732. The van der Waals surface area contributed by atoms with Crippen LogP contribution in [0.3, 0.4) is 0 Å². The summed E-state index contributed by atoms with van der Waals surface area (Å²) in [6.45, 7) is 4.10. The largest absolute Gasteiger partial charge is 0.349 e. The Labute approximate surface area is 129 Å². The number of hydrogen-bond donors (Lipinski definition) is 1. The minimum absolute atomic E-state index is 0.138. The Bertz CT molecular complexity index is 779. The van der Waals surface area contributed by atoms with Crippen molar-refractivity contribution in [1.82, 2.24) is 14.9 Å². The molecular formula is C18H19N3O. The molecule has 0 aliphatic rings. The van der Waals surface area contributed by atoms with Gasteiger partial charge >= 0.3 is 0 Å². The number of benzene rings is 2. The second-order valence-corrected chi connectivity index (χ2v) is 5.42. The van der Waals surface area contributed by atoms with E-state index in [4.69, 9.17) is 4.98 Å². The molecule has 22 heavy (non-hydrogen) atoms. The Morgan fingerprint density at radius 3 is 2.45 bits per heavy atom. The molecule has 0 aliphatic carbocycles. The second kappa shape index (κ2) is 6.02. The SMILES string of the molecule is C[C@H](NC=O)c1nc2ccccc2n1[C@H](C)c1ccccc1. The van der Waals surface area contributed by atoms with E-state index in [1.807, 2.05) is 43.3 Å². The zero-order valence-corrected chi connectivity index (χ0v) is 12.7. The topological polar surface area (TPSA) is 46.9 Å². The molecule has 0 bridgehead atoms. The summed E-state index contributed by atoms with van der Waals surface area (Å²) < 4.78 is 2.20. The Balaban J connectivity index is 2.17. The number of aromatic nitrogens is 2. The number of nitrogens with one attached hydrogen (secondary N) is 1. The molecule has 0 unspecified atom stereocenters. The number of fused-ring (bicyclic) bond motifs is 1. The van der Waals surface area contributed by atoms with Crippen LogP contribution in [0.2, 0.25) is 0 Å². The van der Waals surface area contributed by atoms with Crippen molar-refractivity contribution >= 4 is 17.4 Å². The van der Waals surface area contributed by atoms with Crippen LogP contribution in [-0.2, 0) is 4.79 Å². The van der Waals surface area contributed by atoms with Gasteiger partial charge in [-0.15, -0.1) is 0 Å². The fourth-order valence-corrected chi connectivity index (χ4v) is 2.83. The lowest BCUT2D eigenvalue weighted by Crippen LogP contribution is -2.22. The molecule has 0 aliphatic heterocycles. The summed E-state index contributed by atoms with van der Waals surface area (Å²) in [7, 11) is 0. The van der Waals surface area contributed by atoms with Crippen molar-refractivity contribution < 1.29 is 4.79 Å². The minimum atomic E-state index is -0.143. The maximum atomic E-state index is 10.8. The standard InChI is InChI=1S/C18H19N3O/c1-13(19-12-22)18-20-16-10-6-7-11-17(16)21(18)14(2)15-8-4-3-5-9-15/h3-14H,1-2H3,(H,19,22)/t13-,14+/m0/s1. The number of hydrogen-bond acceptors (Lipinski definition) is 2. The van der Waals surface area contributed by atoms with E-state index in [-0.39, 0.29) is 12.1 Å². The van der Waals surface area contributed by atoms with Crippen LogP contribution in [0.1, 0.15) is 37.3 Å². The van der Waals surface area contributed by atoms with Crippen LogP contribution in [-0.4, -0.2) is 16.0 Å². The molecule has 3 aromatic rings. The first-order chi connectivity index (χ1) is 10.7. The van der Waals surface area contributed by atoms with Gasteiger partial charge < -0.3 is 9.88 Å². The van der Waals surface area contributed by atoms with Crippen molar-refractivity contribution in [1.29, 1.82) is 0 Å². The van der Waals surface area contributed by atoms with Gasteiger partial charge in [-0.1, -0.05) is 42.5 Å². The molecule has 112 valence electrons. The maximum absolute atomic E-state index is 10.8. The molecule has 4 heteroatoms. The highest BCUT2D eigenvalue weighted by molar-refractivity contribution is 5.76. The van der Waals surface area contributed by atoms with Gasteiger partial charge in [0.1, 0.15) is 5.82 Å². The highest BCUT2D eigenvalue weighted by Gasteiger charge is 2.20. The average Bonchev–Trinajstić information content (AvgIpc) is 2.95. The van der Waals surface area contributed by atoms with Gasteiger partial charge in [0, 0.05) is 0 Å². The first kappa shape index (κ1) is 14.3. The van der Waals surface area contributed by atoms with Gasteiger partial charge in [-0.05, 0) is 31.5 Å². The van der Waals surface area contributed by atoms with E-state index in [0.29, 0.717) is 0 Å². The van der Waals surface area contributed by atoms with Crippen molar-refractivity contribution in [3.8, 4) is 0 Å². The monoisotopic (exact) mass is 293 g/mol. The molecule has 0 radical (unpaired) electrons. The fourth-order valence-electron chi connectivity index (χ4n) is 2.83. The molecular weight excluding hydrogens is 274 g/mol. The predicted octanol–water partition coefficient (Wildman–Crippen LogP) is 3.45. The van der Waals surface area contributed by atoms with E-state index in [2.05, 4.69) is 35.0 Å². The van der Waals surface area contributed by atoms with Gasteiger partial charge in [-0.25, -0.2) is 4.98 Å². The smallest absolute Gasteiger partial charge is 0.207 e. The summed E-state index contributed by atoms with van der Waals surface area (Å²) >= 11 is 0. The van der Waals surface area contributed by atoms with Gasteiger partial charge in [0.25, 0.3) is 0 Å². The van der Waals surface area contributed by atoms with Crippen molar-refractivity contribution in [2.24, 2.45) is 0 Å². The van der Waals surface area contributed by atoms with Crippen molar-refractivity contribution in [2.45, 2.75) is 25.9 Å². The van der Waals surface area contributed by atoms with Gasteiger partial charge in [0.05, 0.1) is 23.1 Å². The third kappa shape index (κ3) is 2.48. The van der Waals surface area contributed by atoms with Gasteiger partial charge in [-0.2, -0.15) is 0 Å². The lowest BCUT2D eigenvalue weighted by Gasteiger charge is -2.20. The van der Waals surface area contributed by atoms with Crippen molar-refractivity contribution in [3.63, 3.8) is 0 Å². The summed E-state index contributed by atoms with van der Waals surface area (Å²) in [5, 5.41) is 2.81. The van der Waals surface area contributed by atoms with E-state index in [1.165, 1.54) is 5.56 Å². The van der Waals surface area contributed by atoms with E-state index in [1.54, 1.807) is 0 Å². The average molecular weight is 293 g/mol. The number of para-hydroxylation sites is 2. The van der Waals surface area contributed by atoms with Crippen LogP contribution >= 0.6 is 0 Å². The molecule has 2 atom stereocenters. The van der Waals surface area contributed by atoms with Crippen LogP contribution in [0, 0.1) is 0 Å². The molecule has 0 saturated heterocycles. The molecule has 1 heterocycles. The third-order valence-corrected chi connectivity index (χ3v) is 4.00. The maximum Gasteiger partial charge on any atom is 0.207 e. The normalized spacial score (nSPS) is 13.7. The first-order valence-electron chi connectivity index (χ1n) is 7.44. The molecule has 0 fully saturated rings. The number of carbonyl (C=O) groups excluding carboxylic acids is 1. The van der Waals surface area contributed by atoms with Crippen LogP contribution in [0.15, 0.2) is 54.6 Å². The van der Waals surface area contributed by atoms with Crippen LogP contribution in [0.5, 0.6) is 0 Å². The van der Waals surface area contributed by atoms with Crippen LogP contribution in [0.4, 0.5) is 0 Å². The van der Waals surface area contributed by atoms with Crippen LogP contribution in [0.25, 0.3) is 11.0 Å². The van der Waals surface area contributed by atoms with E-state index < -0.39 is 0 Å². The third-order valence-electron chi connectivity index (χ3n) is 4.00. The Morgan fingerprint density at radius 1 is 1.05 bits per heavy atom. The molecule has 0 spiro atoms. The zero-order valence-electron chi connectivity index (χ0n) is 12.7. The highest BCUT2D eigenvalue weighted by atomic mass is 16.1. The number of rotatable bonds is 5. The van der Waals surface area contributed by atoms with Crippen molar-refractivity contribution in [2.75, 3.05) is 0 Å². The summed E-state index contributed by atoms with van der Waals surface area (Å²) in [5.74, 6) is 0.865. The zero-order chi connectivity index (χ0) is 15.5. The van der Waals surface area contributed by atoms with Gasteiger partial charge in [-0.3, -0.25) is 4.79 Å². The lowest BCUT2D eigenvalue weighted by molar-refractivity contribution is -0.110. The minimum Gasteiger partial charge on any atom is -0.349 e. The Morgan fingerprint density at radius 2 is 1.73 bits per heavy atom. The molecule has 4 nitrogen and oxygen atoms in total. The summed E-state index contributed by atoms with van der Waals surface area (Å²) in [4.78, 5) is 15.5. The summed E-state index contributed by atoms with van der Waals surface area (Å²) in [5.41, 5.74) is 3.23. The first-order valence-corrected chi connectivity index (χ1v) is 7.44. The molecule has 1 N–H and O–H groups in total. The number of nitrogens with zero attached hydrogens (tertiary/aromatic N) is 2. The summed E-state index contributed by atoms with van der Waals surface area (Å²) in [6, 6.07) is 18.4. The van der Waals surface area contributed by atoms with Gasteiger partial charge in [0.15, 0.2) is 0 Å². The van der Waals surface area contributed by atoms with E-state index >= 15 is 0 Å². The van der Waals surface area contributed by atoms with E-state index in [0.717, 1.165) is 23.3 Å². The van der Waals surface area contributed by atoms with Crippen LogP contribution < -0.4 is 5.32 Å². The number of carbonyl (C=O) groups is 1.